The topological polar surface area (TPSA) is 29.5 Å². The molecule has 4 heteroatoms. The lowest BCUT2D eigenvalue weighted by atomic mass is 10.1. The maximum absolute atomic E-state index is 12.3. The van der Waals surface area contributed by atoms with E-state index in [0.717, 1.165) is 42.3 Å². The molecular weight excluding hydrogens is 306 g/mol. The van der Waals surface area contributed by atoms with E-state index in [1.807, 2.05) is 26.0 Å². The summed E-state index contributed by atoms with van der Waals surface area (Å²) in [5.74, 6) is 0.0732. The number of carbonyl (C=O) groups excluding carboxylic acids is 1. The number of anilines is 1. The van der Waals surface area contributed by atoms with Crippen LogP contribution in [-0.4, -0.2) is 32.1 Å². The van der Waals surface area contributed by atoms with Crippen LogP contribution in [0.3, 0.4) is 0 Å². The van der Waals surface area contributed by atoms with Crippen LogP contribution in [0.5, 0.6) is 0 Å². The number of aryl methyl sites for hydroxylation is 2. The highest BCUT2D eigenvalue weighted by Gasteiger charge is 2.11. The number of hydrogen-bond acceptors (Lipinski definition) is 4. The van der Waals surface area contributed by atoms with Gasteiger partial charge in [-0.25, -0.2) is 0 Å². The number of thiophene rings is 1. The summed E-state index contributed by atoms with van der Waals surface area (Å²) in [6.45, 7) is 7.47. The monoisotopic (exact) mass is 327 g/mol. The predicted octanol–water partition coefficient (Wildman–Crippen LogP) is 4.10. The first kappa shape index (κ1) is 16.0. The minimum atomic E-state index is 0.0732. The van der Waals surface area contributed by atoms with Gasteiger partial charge in [0.25, 0.3) is 0 Å². The van der Waals surface area contributed by atoms with Gasteiger partial charge in [-0.2, -0.15) is 0 Å². The number of ketones is 1. The molecule has 1 aromatic carbocycles. The molecule has 2 heterocycles. The van der Waals surface area contributed by atoms with E-state index in [4.69, 9.17) is 4.74 Å². The Balaban J connectivity index is 1.67. The van der Waals surface area contributed by atoms with Crippen molar-refractivity contribution in [2.45, 2.75) is 13.8 Å². The number of benzene rings is 1. The first-order valence-electron chi connectivity index (χ1n) is 7.86. The fourth-order valence-electron chi connectivity index (χ4n) is 2.75. The zero-order valence-electron chi connectivity index (χ0n) is 13.5. The van der Waals surface area contributed by atoms with Crippen LogP contribution in [0.15, 0.2) is 36.4 Å². The molecule has 1 aliphatic rings. The Bertz CT molecular complexity index is 709. The number of nitrogens with zero attached hydrogens (tertiary/aromatic N) is 1. The van der Waals surface area contributed by atoms with Crippen molar-refractivity contribution in [2.24, 2.45) is 0 Å². The van der Waals surface area contributed by atoms with Crippen molar-refractivity contribution in [3.63, 3.8) is 0 Å². The molecule has 1 aliphatic heterocycles. The summed E-state index contributed by atoms with van der Waals surface area (Å²) >= 11 is 1.67. The fourth-order valence-corrected chi connectivity index (χ4v) is 3.68. The Morgan fingerprint density at radius 2 is 1.87 bits per heavy atom. The van der Waals surface area contributed by atoms with E-state index in [2.05, 4.69) is 29.2 Å². The normalized spacial score (nSPS) is 15.3. The third-order valence-electron chi connectivity index (χ3n) is 4.00. The molecule has 0 unspecified atom stereocenters. The summed E-state index contributed by atoms with van der Waals surface area (Å²) in [6, 6.07) is 10.3. The lowest BCUT2D eigenvalue weighted by Crippen LogP contribution is -2.36. The zero-order chi connectivity index (χ0) is 16.2. The molecule has 2 aromatic rings. The van der Waals surface area contributed by atoms with Crippen LogP contribution in [0.4, 0.5) is 5.69 Å². The lowest BCUT2D eigenvalue weighted by Gasteiger charge is -2.28. The maximum atomic E-state index is 12.3. The average molecular weight is 327 g/mol. The van der Waals surface area contributed by atoms with E-state index in [0.29, 0.717) is 0 Å². The van der Waals surface area contributed by atoms with Crippen molar-refractivity contribution in [2.75, 3.05) is 31.2 Å². The summed E-state index contributed by atoms with van der Waals surface area (Å²) in [5, 5.41) is 0. The van der Waals surface area contributed by atoms with Gasteiger partial charge < -0.3 is 9.64 Å². The summed E-state index contributed by atoms with van der Waals surface area (Å²) < 4.78 is 5.37. The van der Waals surface area contributed by atoms with Crippen LogP contribution in [0.1, 0.15) is 25.7 Å². The van der Waals surface area contributed by atoms with E-state index in [1.165, 1.54) is 10.6 Å². The Hall–Kier alpha value is -1.91. The summed E-state index contributed by atoms with van der Waals surface area (Å²) in [7, 11) is 0. The number of hydrogen-bond donors (Lipinski definition) is 0. The van der Waals surface area contributed by atoms with Gasteiger partial charge in [0.05, 0.1) is 13.2 Å². The molecule has 0 amide bonds. The highest BCUT2D eigenvalue weighted by atomic mass is 32.1. The fraction of sp³-hybridized carbons (Fsp3) is 0.316. The minimum Gasteiger partial charge on any atom is -0.378 e. The first-order valence-corrected chi connectivity index (χ1v) is 8.67. The quantitative estimate of drug-likeness (QED) is 0.625. The number of ether oxygens (including phenoxy) is 1. The summed E-state index contributed by atoms with van der Waals surface area (Å²) in [5.41, 5.74) is 3.06. The van der Waals surface area contributed by atoms with Gasteiger partial charge in [-0.05, 0) is 43.7 Å². The second kappa shape index (κ2) is 7.11. The van der Waals surface area contributed by atoms with Crippen molar-refractivity contribution < 1.29 is 9.53 Å². The molecular formula is C19H21NO2S. The Morgan fingerprint density at radius 3 is 2.48 bits per heavy atom. The Labute approximate surface area is 141 Å². The zero-order valence-corrected chi connectivity index (χ0v) is 14.4. The molecule has 0 aliphatic carbocycles. The van der Waals surface area contributed by atoms with Crippen LogP contribution in [0.2, 0.25) is 0 Å². The standard InChI is InChI=1S/C19H21NO2S/c1-14-13-18(15(2)23-14)19(21)8-5-16-3-6-17(7-4-16)20-9-11-22-12-10-20/h3-8,13H,9-12H2,1-2H3/b8-5+. The molecule has 23 heavy (non-hydrogen) atoms. The van der Waals surface area contributed by atoms with Gasteiger partial charge in [0.1, 0.15) is 0 Å². The molecule has 1 aromatic heterocycles. The first-order chi connectivity index (χ1) is 11.1. The van der Waals surface area contributed by atoms with E-state index in [-0.39, 0.29) is 5.78 Å². The van der Waals surface area contributed by atoms with Crippen LogP contribution in [0.25, 0.3) is 6.08 Å². The Morgan fingerprint density at radius 1 is 1.17 bits per heavy atom. The maximum Gasteiger partial charge on any atom is 0.186 e. The van der Waals surface area contributed by atoms with Crippen LogP contribution < -0.4 is 4.90 Å². The van der Waals surface area contributed by atoms with Gasteiger partial charge in [0.2, 0.25) is 0 Å². The molecule has 1 fully saturated rings. The highest BCUT2D eigenvalue weighted by molar-refractivity contribution is 7.12. The second-order valence-corrected chi connectivity index (χ2v) is 7.18. The van der Waals surface area contributed by atoms with E-state index < -0.39 is 0 Å². The molecule has 0 N–H and O–H groups in total. The average Bonchev–Trinajstić information content (AvgIpc) is 2.92. The van der Waals surface area contributed by atoms with Crippen LogP contribution in [-0.2, 0) is 4.74 Å². The van der Waals surface area contributed by atoms with Crippen molar-refractivity contribution in [3.8, 4) is 0 Å². The number of carbonyl (C=O) groups is 1. The SMILES string of the molecule is Cc1cc(C(=O)/C=C/c2ccc(N3CCOCC3)cc2)c(C)s1. The molecule has 3 nitrogen and oxygen atoms in total. The van der Waals surface area contributed by atoms with Gasteiger partial charge in [0, 0.05) is 34.1 Å². The van der Waals surface area contributed by atoms with Crippen molar-refractivity contribution >= 4 is 28.9 Å². The van der Waals surface area contributed by atoms with E-state index in [1.54, 1.807) is 17.4 Å². The molecule has 0 radical (unpaired) electrons. The highest BCUT2D eigenvalue weighted by Crippen LogP contribution is 2.22. The van der Waals surface area contributed by atoms with Crippen LogP contribution in [0, 0.1) is 13.8 Å². The molecule has 0 atom stereocenters. The Kier molecular flexibility index (Phi) is 4.94. The van der Waals surface area contributed by atoms with Gasteiger partial charge in [-0.1, -0.05) is 18.2 Å². The molecule has 0 saturated carbocycles. The molecule has 3 rings (SSSR count). The van der Waals surface area contributed by atoms with Crippen molar-refractivity contribution in [1.29, 1.82) is 0 Å². The molecule has 0 bridgehead atoms. The second-order valence-electron chi connectivity index (χ2n) is 5.72. The van der Waals surface area contributed by atoms with Crippen LogP contribution >= 0.6 is 11.3 Å². The lowest BCUT2D eigenvalue weighted by molar-refractivity contribution is 0.104. The summed E-state index contributed by atoms with van der Waals surface area (Å²) in [4.78, 5) is 16.8. The molecule has 120 valence electrons. The number of morpholine rings is 1. The van der Waals surface area contributed by atoms with E-state index in [9.17, 15) is 4.79 Å². The van der Waals surface area contributed by atoms with Gasteiger partial charge in [-0.3, -0.25) is 4.79 Å². The molecule has 0 spiro atoms. The molecule has 1 saturated heterocycles. The van der Waals surface area contributed by atoms with E-state index >= 15 is 0 Å². The minimum absolute atomic E-state index is 0.0732. The van der Waals surface area contributed by atoms with Crippen molar-refractivity contribution in [1.82, 2.24) is 0 Å². The third kappa shape index (κ3) is 3.89. The summed E-state index contributed by atoms with van der Waals surface area (Å²) in [6.07, 6.45) is 3.55. The van der Waals surface area contributed by atoms with Crippen molar-refractivity contribution in [3.05, 3.63) is 57.3 Å². The van der Waals surface area contributed by atoms with Gasteiger partial charge >= 0.3 is 0 Å². The van der Waals surface area contributed by atoms with Gasteiger partial charge in [-0.15, -0.1) is 11.3 Å². The third-order valence-corrected chi connectivity index (χ3v) is 4.97. The number of rotatable bonds is 4. The predicted molar refractivity (Wildman–Crippen MR) is 96.6 cm³/mol. The van der Waals surface area contributed by atoms with Gasteiger partial charge in [0.15, 0.2) is 5.78 Å². The largest absolute Gasteiger partial charge is 0.378 e. The number of allylic oxidation sites excluding steroid dienone is 1. The smallest absolute Gasteiger partial charge is 0.186 e.